The Morgan fingerprint density at radius 2 is 2.08 bits per heavy atom. The molecule has 2 N–H and O–H groups in total. The molecule has 0 spiro atoms. The van der Waals surface area contributed by atoms with Gasteiger partial charge in [-0.2, -0.15) is 0 Å². The number of benzene rings is 2. The van der Waals surface area contributed by atoms with Gasteiger partial charge < -0.3 is 15.4 Å². The van der Waals surface area contributed by atoms with Crippen LogP contribution in [-0.2, 0) is 4.79 Å². The molecule has 7 heteroatoms. The summed E-state index contributed by atoms with van der Waals surface area (Å²) in [6.45, 7) is 2.05. The fourth-order valence-corrected chi connectivity index (χ4v) is 2.87. The lowest BCUT2D eigenvalue weighted by Crippen LogP contribution is -2.30. The van der Waals surface area contributed by atoms with Crippen LogP contribution in [-0.4, -0.2) is 19.6 Å². The molecule has 0 aliphatic heterocycles. The Bertz CT molecular complexity index is 743. The third kappa shape index (κ3) is 4.93. The van der Waals surface area contributed by atoms with E-state index in [0.29, 0.717) is 5.69 Å². The van der Waals surface area contributed by atoms with E-state index < -0.39 is 5.82 Å². The Balaban J connectivity index is 1.92. The van der Waals surface area contributed by atoms with Gasteiger partial charge in [-0.1, -0.05) is 17.7 Å². The van der Waals surface area contributed by atoms with Crippen LogP contribution in [0.1, 0.15) is 18.5 Å². The average molecular weight is 416 g/mol. The quantitative estimate of drug-likeness (QED) is 0.728. The number of hydrogen-bond donors (Lipinski definition) is 2. The largest absolute Gasteiger partial charge is 0.496 e. The summed E-state index contributed by atoms with van der Waals surface area (Å²) in [6.07, 6.45) is 0. The van der Waals surface area contributed by atoms with Gasteiger partial charge in [-0.25, -0.2) is 4.39 Å². The van der Waals surface area contributed by atoms with Gasteiger partial charge in [-0.05, 0) is 58.7 Å². The predicted molar refractivity (Wildman–Crippen MR) is 97.2 cm³/mol. The highest BCUT2D eigenvalue weighted by atomic mass is 79.9. The Labute approximate surface area is 153 Å². The summed E-state index contributed by atoms with van der Waals surface area (Å²) in [5.74, 6) is 0.0346. The summed E-state index contributed by atoms with van der Waals surface area (Å²) in [5, 5.41) is 5.93. The number of carbonyl (C=O) groups excluding carboxylic acids is 1. The number of halogens is 3. The summed E-state index contributed by atoms with van der Waals surface area (Å²) in [4.78, 5) is 12.0. The van der Waals surface area contributed by atoms with Crippen LogP contribution in [0, 0.1) is 5.82 Å². The molecule has 24 heavy (non-hydrogen) atoms. The van der Waals surface area contributed by atoms with Gasteiger partial charge in [0.25, 0.3) is 0 Å². The molecule has 0 aromatic heterocycles. The summed E-state index contributed by atoms with van der Waals surface area (Å²) in [7, 11) is 1.60. The predicted octanol–water partition coefficient (Wildman–Crippen LogP) is 4.54. The van der Waals surface area contributed by atoms with E-state index in [-0.39, 0.29) is 23.5 Å². The minimum atomic E-state index is -0.449. The smallest absolute Gasteiger partial charge is 0.238 e. The van der Waals surface area contributed by atoms with Crippen molar-refractivity contribution in [3.8, 4) is 5.75 Å². The van der Waals surface area contributed by atoms with Crippen LogP contribution in [0.2, 0.25) is 5.02 Å². The fraction of sp³-hybridized carbons (Fsp3) is 0.235. The van der Waals surface area contributed by atoms with Gasteiger partial charge in [0, 0.05) is 6.04 Å². The maximum absolute atomic E-state index is 13.0. The Morgan fingerprint density at radius 1 is 1.33 bits per heavy atom. The lowest BCUT2D eigenvalue weighted by atomic mass is 10.1. The van der Waals surface area contributed by atoms with Crippen molar-refractivity contribution in [2.24, 2.45) is 0 Å². The van der Waals surface area contributed by atoms with E-state index in [1.54, 1.807) is 7.11 Å². The van der Waals surface area contributed by atoms with Crippen molar-refractivity contribution >= 4 is 39.1 Å². The second kappa shape index (κ2) is 8.46. The summed E-state index contributed by atoms with van der Waals surface area (Å²) in [6, 6.07) is 9.51. The van der Waals surface area contributed by atoms with Crippen LogP contribution in [0.4, 0.5) is 10.1 Å². The van der Waals surface area contributed by atoms with Crippen molar-refractivity contribution in [3.63, 3.8) is 0 Å². The first-order valence-corrected chi connectivity index (χ1v) is 8.39. The number of methoxy groups -OCH3 is 1. The zero-order valence-electron chi connectivity index (χ0n) is 13.2. The van der Waals surface area contributed by atoms with Gasteiger partial charge in [0.15, 0.2) is 0 Å². The van der Waals surface area contributed by atoms with Crippen LogP contribution in [0.15, 0.2) is 40.9 Å². The highest BCUT2D eigenvalue weighted by Gasteiger charge is 2.11. The fourth-order valence-electron chi connectivity index (χ4n) is 2.10. The number of hydrogen-bond acceptors (Lipinski definition) is 3. The highest BCUT2D eigenvalue weighted by molar-refractivity contribution is 9.10. The molecule has 0 radical (unpaired) electrons. The number of carbonyl (C=O) groups is 1. The molecule has 2 aromatic rings. The molecule has 0 saturated heterocycles. The van der Waals surface area contributed by atoms with Gasteiger partial charge in [0.1, 0.15) is 11.6 Å². The SMILES string of the molecule is COc1ccc(C(C)NCC(=O)Nc2ccc(F)cc2Cl)cc1Br. The van der Waals surface area contributed by atoms with E-state index in [1.165, 1.54) is 12.1 Å². The summed E-state index contributed by atoms with van der Waals surface area (Å²) in [5.41, 5.74) is 1.39. The first kappa shape index (κ1) is 18.7. The standard InChI is InChI=1S/C17H17BrClFN2O2/c1-10(11-3-6-16(24-2)13(18)7-11)21-9-17(23)22-15-5-4-12(20)8-14(15)19/h3-8,10,21H,9H2,1-2H3,(H,22,23). The maximum atomic E-state index is 13.0. The molecule has 0 fully saturated rings. The van der Waals surface area contributed by atoms with Crippen LogP contribution in [0.25, 0.3) is 0 Å². The van der Waals surface area contributed by atoms with Crippen LogP contribution in [0.5, 0.6) is 5.75 Å². The molecule has 2 rings (SSSR count). The zero-order chi connectivity index (χ0) is 17.7. The van der Waals surface area contributed by atoms with Crippen molar-refractivity contribution in [1.82, 2.24) is 5.32 Å². The Kier molecular flexibility index (Phi) is 6.60. The van der Waals surface area contributed by atoms with Crippen molar-refractivity contribution in [2.75, 3.05) is 19.0 Å². The number of rotatable bonds is 6. The molecular formula is C17H17BrClFN2O2. The van der Waals surface area contributed by atoms with Crippen molar-refractivity contribution in [1.29, 1.82) is 0 Å². The molecule has 0 aliphatic rings. The van der Waals surface area contributed by atoms with E-state index >= 15 is 0 Å². The van der Waals surface area contributed by atoms with Crippen molar-refractivity contribution in [3.05, 3.63) is 57.3 Å². The van der Waals surface area contributed by atoms with E-state index in [9.17, 15) is 9.18 Å². The molecule has 1 unspecified atom stereocenters. The van der Waals surface area contributed by atoms with Gasteiger partial charge in [0.05, 0.1) is 28.8 Å². The highest BCUT2D eigenvalue weighted by Crippen LogP contribution is 2.28. The average Bonchev–Trinajstić information content (AvgIpc) is 2.55. The number of nitrogens with one attached hydrogen (secondary N) is 2. The third-order valence-electron chi connectivity index (χ3n) is 3.45. The minimum Gasteiger partial charge on any atom is -0.496 e. The molecular weight excluding hydrogens is 399 g/mol. The summed E-state index contributed by atoms with van der Waals surface area (Å²) < 4.78 is 19.0. The third-order valence-corrected chi connectivity index (χ3v) is 4.38. The number of anilines is 1. The van der Waals surface area contributed by atoms with E-state index in [4.69, 9.17) is 16.3 Å². The lowest BCUT2D eigenvalue weighted by molar-refractivity contribution is -0.115. The molecule has 4 nitrogen and oxygen atoms in total. The van der Waals surface area contributed by atoms with Gasteiger partial charge in [0.2, 0.25) is 5.91 Å². The van der Waals surface area contributed by atoms with Crippen LogP contribution >= 0.6 is 27.5 Å². The second-order valence-electron chi connectivity index (χ2n) is 5.17. The topological polar surface area (TPSA) is 50.4 Å². The monoisotopic (exact) mass is 414 g/mol. The van der Waals surface area contributed by atoms with E-state index in [1.807, 2.05) is 25.1 Å². The second-order valence-corrected chi connectivity index (χ2v) is 6.43. The van der Waals surface area contributed by atoms with Crippen LogP contribution < -0.4 is 15.4 Å². The number of ether oxygens (including phenoxy) is 1. The van der Waals surface area contributed by atoms with Crippen LogP contribution in [0.3, 0.4) is 0 Å². The Hall–Kier alpha value is -1.63. The van der Waals surface area contributed by atoms with E-state index in [0.717, 1.165) is 21.9 Å². The normalized spacial score (nSPS) is 11.9. The van der Waals surface area contributed by atoms with Gasteiger partial charge >= 0.3 is 0 Å². The molecule has 0 bridgehead atoms. The first-order valence-electron chi connectivity index (χ1n) is 7.22. The lowest BCUT2D eigenvalue weighted by Gasteiger charge is -2.16. The first-order chi connectivity index (χ1) is 11.4. The molecule has 2 aromatic carbocycles. The Morgan fingerprint density at radius 3 is 2.71 bits per heavy atom. The molecule has 0 saturated carbocycles. The van der Waals surface area contributed by atoms with E-state index in [2.05, 4.69) is 26.6 Å². The molecule has 1 amide bonds. The van der Waals surface area contributed by atoms with Crippen molar-refractivity contribution < 1.29 is 13.9 Å². The van der Waals surface area contributed by atoms with Crippen molar-refractivity contribution in [2.45, 2.75) is 13.0 Å². The molecule has 128 valence electrons. The number of amides is 1. The minimum absolute atomic E-state index is 0.0401. The van der Waals surface area contributed by atoms with Gasteiger partial charge in [-0.3, -0.25) is 4.79 Å². The molecule has 0 heterocycles. The maximum Gasteiger partial charge on any atom is 0.238 e. The van der Waals surface area contributed by atoms with Gasteiger partial charge in [-0.15, -0.1) is 0 Å². The molecule has 0 aliphatic carbocycles. The summed E-state index contributed by atoms with van der Waals surface area (Å²) >= 11 is 9.32. The zero-order valence-corrected chi connectivity index (χ0v) is 15.5. The molecule has 1 atom stereocenters.